The Morgan fingerprint density at radius 1 is 1.30 bits per heavy atom. The average molecular weight is 388 g/mol. The molecule has 0 aliphatic heterocycles. The van der Waals surface area contributed by atoms with Gasteiger partial charge in [-0.25, -0.2) is 4.79 Å². The van der Waals surface area contributed by atoms with Crippen molar-refractivity contribution >= 4 is 29.0 Å². The molecule has 0 N–H and O–H groups in total. The average Bonchev–Trinajstić information content (AvgIpc) is 3.26. The maximum absolute atomic E-state index is 13.4. The molecule has 1 amide bonds. The van der Waals surface area contributed by atoms with Crippen molar-refractivity contribution in [2.45, 2.75) is 45.7 Å². The maximum atomic E-state index is 13.4. The summed E-state index contributed by atoms with van der Waals surface area (Å²) in [5, 5.41) is 1.86. The van der Waals surface area contributed by atoms with E-state index >= 15 is 0 Å². The van der Waals surface area contributed by atoms with Crippen molar-refractivity contribution < 1.29 is 19.1 Å². The number of amides is 1. The molecule has 1 aliphatic rings. The Morgan fingerprint density at radius 2 is 1.96 bits per heavy atom. The molecular formula is C20H24N2O4S. The molecular weight excluding hydrogens is 364 g/mol. The van der Waals surface area contributed by atoms with E-state index in [-0.39, 0.29) is 17.7 Å². The predicted octanol–water partition coefficient (Wildman–Crippen LogP) is 3.37. The van der Waals surface area contributed by atoms with Crippen LogP contribution in [0.3, 0.4) is 0 Å². The van der Waals surface area contributed by atoms with Crippen LogP contribution >= 0.6 is 11.3 Å². The number of nitrogens with zero attached hydrogens (tertiary/aromatic N) is 2. The molecule has 0 spiro atoms. The fourth-order valence-electron chi connectivity index (χ4n) is 3.60. The second-order valence-corrected chi connectivity index (χ2v) is 7.89. The minimum absolute atomic E-state index is 0.1000. The summed E-state index contributed by atoms with van der Waals surface area (Å²) in [4.78, 5) is 40.8. The lowest BCUT2D eigenvalue weighted by atomic mass is 9.99. The standard InChI is InChI=1S/C20H24N2O4S/c1-11-16(12(2)21(4)17(11)20(25)26-5)18(23)13(3)22(14-8-9-14)19(24)15-7-6-10-27-15/h6-7,10,13-14H,8-9H2,1-5H3/t13-/m1/s1. The summed E-state index contributed by atoms with van der Waals surface area (Å²) in [6.07, 6.45) is 1.82. The third-order valence-electron chi connectivity index (χ3n) is 5.26. The highest BCUT2D eigenvalue weighted by Crippen LogP contribution is 2.33. The molecule has 2 aromatic heterocycles. The van der Waals surface area contributed by atoms with Crippen LogP contribution < -0.4 is 0 Å². The van der Waals surface area contributed by atoms with Crippen molar-refractivity contribution in [3.63, 3.8) is 0 Å². The summed E-state index contributed by atoms with van der Waals surface area (Å²) in [7, 11) is 3.06. The Bertz CT molecular complexity index is 894. The van der Waals surface area contributed by atoms with Gasteiger partial charge < -0.3 is 14.2 Å². The molecule has 0 radical (unpaired) electrons. The van der Waals surface area contributed by atoms with Crippen LogP contribution in [-0.2, 0) is 11.8 Å². The summed E-state index contributed by atoms with van der Waals surface area (Å²) in [5.74, 6) is -0.723. The molecule has 0 aromatic carbocycles. The predicted molar refractivity (Wildman–Crippen MR) is 104 cm³/mol. The smallest absolute Gasteiger partial charge is 0.354 e. The van der Waals surface area contributed by atoms with Crippen molar-refractivity contribution in [1.82, 2.24) is 9.47 Å². The molecule has 1 saturated carbocycles. The van der Waals surface area contributed by atoms with Gasteiger partial charge in [0.2, 0.25) is 0 Å². The number of thiophene rings is 1. The van der Waals surface area contributed by atoms with Crippen molar-refractivity contribution in [1.29, 1.82) is 0 Å². The van der Waals surface area contributed by atoms with Crippen LogP contribution in [0, 0.1) is 13.8 Å². The van der Waals surface area contributed by atoms with E-state index in [1.54, 1.807) is 36.4 Å². The zero-order chi connectivity index (χ0) is 19.9. The zero-order valence-corrected chi connectivity index (χ0v) is 17.1. The van der Waals surface area contributed by atoms with Crippen molar-refractivity contribution in [3.05, 3.63) is 44.9 Å². The van der Waals surface area contributed by atoms with Gasteiger partial charge in [0.15, 0.2) is 5.78 Å². The van der Waals surface area contributed by atoms with Gasteiger partial charge in [0.05, 0.1) is 18.0 Å². The summed E-state index contributed by atoms with van der Waals surface area (Å²) in [5.41, 5.74) is 2.16. The van der Waals surface area contributed by atoms with E-state index in [9.17, 15) is 14.4 Å². The topological polar surface area (TPSA) is 68.6 Å². The second-order valence-electron chi connectivity index (χ2n) is 6.95. The van der Waals surface area contributed by atoms with Crippen LogP contribution in [0.4, 0.5) is 0 Å². The van der Waals surface area contributed by atoms with Crippen LogP contribution in [0.1, 0.15) is 61.5 Å². The van der Waals surface area contributed by atoms with Crippen LogP contribution in [0.25, 0.3) is 0 Å². The number of Topliss-reactive ketones (excluding diaryl/α,β-unsaturated/α-hetero) is 1. The van der Waals surface area contributed by atoms with Crippen LogP contribution in [-0.4, -0.2) is 46.3 Å². The first-order valence-corrected chi connectivity index (χ1v) is 9.82. The molecule has 7 heteroatoms. The summed E-state index contributed by atoms with van der Waals surface area (Å²) in [6.45, 7) is 5.33. The highest BCUT2D eigenvalue weighted by atomic mass is 32.1. The van der Waals surface area contributed by atoms with Gasteiger partial charge in [0.1, 0.15) is 5.69 Å². The Labute approximate surface area is 162 Å². The van der Waals surface area contributed by atoms with Gasteiger partial charge in [0, 0.05) is 24.3 Å². The minimum Gasteiger partial charge on any atom is -0.464 e. The monoisotopic (exact) mass is 388 g/mol. The first kappa shape index (κ1) is 19.4. The molecule has 0 unspecified atom stereocenters. The van der Waals surface area contributed by atoms with Gasteiger partial charge in [-0.3, -0.25) is 9.59 Å². The van der Waals surface area contributed by atoms with Gasteiger partial charge >= 0.3 is 5.97 Å². The third kappa shape index (κ3) is 3.32. The van der Waals surface area contributed by atoms with E-state index in [2.05, 4.69) is 0 Å². The van der Waals surface area contributed by atoms with Crippen LogP contribution in [0.5, 0.6) is 0 Å². The van der Waals surface area contributed by atoms with Gasteiger partial charge in [-0.15, -0.1) is 11.3 Å². The second kappa shape index (κ2) is 7.31. The van der Waals surface area contributed by atoms with Crippen molar-refractivity contribution in [2.75, 3.05) is 7.11 Å². The molecule has 0 saturated heterocycles. The highest BCUT2D eigenvalue weighted by molar-refractivity contribution is 7.12. The van der Waals surface area contributed by atoms with Crippen LogP contribution in [0.15, 0.2) is 17.5 Å². The van der Waals surface area contributed by atoms with E-state index < -0.39 is 12.0 Å². The molecule has 1 fully saturated rings. The van der Waals surface area contributed by atoms with Crippen LogP contribution in [0.2, 0.25) is 0 Å². The normalized spacial score (nSPS) is 14.7. The molecule has 3 rings (SSSR count). The quantitative estimate of drug-likeness (QED) is 0.562. The first-order valence-electron chi connectivity index (χ1n) is 8.94. The lowest BCUT2D eigenvalue weighted by Gasteiger charge is -2.28. The fraction of sp³-hybridized carbons (Fsp3) is 0.450. The number of hydrogen-bond donors (Lipinski definition) is 0. The van der Waals surface area contributed by atoms with E-state index in [0.29, 0.717) is 27.4 Å². The Morgan fingerprint density at radius 3 is 2.48 bits per heavy atom. The molecule has 1 aliphatic carbocycles. The summed E-state index contributed by atoms with van der Waals surface area (Å²) < 4.78 is 6.54. The zero-order valence-electron chi connectivity index (χ0n) is 16.2. The molecule has 27 heavy (non-hydrogen) atoms. The lowest BCUT2D eigenvalue weighted by Crippen LogP contribution is -2.44. The maximum Gasteiger partial charge on any atom is 0.354 e. The van der Waals surface area contributed by atoms with Gasteiger partial charge in [-0.1, -0.05) is 6.07 Å². The molecule has 0 bridgehead atoms. The van der Waals surface area contributed by atoms with E-state index in [0.717, 1.165) is 12.8 Å². The Kier molecular flexibility index (Phi) is 5.24. The number of carbonyl (C=O) groups excluding carboxylic acids is 3. The molecule has 2 heterocycles. The Hall–Kier alpha value is -2.41. The molecule has 1 atom stereocenters. The molecule has 144 valence electrons. The largest absolute Gasteiger partial charge is 0.464 e. The highest BCUT2D eigenvalue weighted by Gasteiger charge is 2.40. The molecule has 6 nitrogen and oxygen atoms in total. The number of ketones is 1. The van der Waals surface area contributed by atoms with E-state index in [4.69, 9.17) is 4.74 Å². The number of methoxy groups -OCH3 is 1. The summed E-state index contributed by atoms with van der Waals surface area (Å²) >= 11 is 1.38. The number of carbonyl (C=O) groups is 3. The van der Waals surface area contributed by atoms with Crippen molar-refractivity contribution in [2.24, 2.45) is 7.05 Å². The number of hydrogen-bond acceptors (Lipinski definition) is 5. The van der Waals surface area contributed by atoms with E-state index in [1.165, 1.54) is 18.4 Å². The first-order chi connectivity index (χ1) is 12.8. The van der Waals surface area contributed by atoms with E-state index in [1.807, 2.05) is 18.4 Å². The minimum atomic E-state index is -0.600. The number of ether oxygens (including phenoxy) is 1. The van der Waals surface area contributed by atoms with Gasteiger partial charge in [0.25, 0.3) is 5.91 Å². The lowest BCUT2D eigenvalue weighted by molar-refractivity contribution is 0.0587. The third-order valence-corrected chi connectivity index (χ3v) is 6.12. The van der Waals surface area contributed by atoms with Crippen molar-refractivity contribution in [3.8, 4) is 0 Å². The fourth-order valence-corrected chi connectivity index (χ4v) is 4.27. The number of rotatable bonds is 6. The Balaban J connectivity index is 1.97. The number of aromatic nitrogens is 1. The SMILES string of the molecule is COC(=O)c1c(C)c(C(=O)[C@@H](C)N(C(=O)c2cccs2)C2CC2)c(C)n1C. The molecule has 2 aromatic rings. The summed E-state index contributed by atoms with van der Waals surface area (Å²) in [6, 6.07) is 3.12. The van der Waals surface area contributed by atoms with Gasteiger partial charge in [-0.2, -0.15) is 0 Å². The van der Waals surface area contributed by atoms with Gasteiger partial charge in [-0.05, 0) is 50.6 Å². The number of esters is 1.